The Morgan fingerprint density at radius 2 is 2.26 bits per heavy atom. The zero-order chi connectivity index (χ0) is 17.0. The molecule has 2 N–H and O–H groups in total. The number of halogens is 1. The van der Waals surface area contributed by atoms with E-state index >= 15 is 0 Å². The monoisotopic (exact) mass is 397 g/mol. The first-order chi connectivity index (χ1) is 10.9. The molecule has 1 aromatic carbocycles. The van der Waals surface area contributed by atoms with E-state index in [9.17, 15) is 9.59 Å². The lowest BCUT2D eigenvalue weighted by atomic mass is 9.98. The molecule has 8 heteroatoms. The van der Waals surface area contributed by atoms with Gasteiger partial charge in [0.2, 0.25) is 5.91 Å². The van der Waals surface area contributed by atoms with Crippen LogP contribution in [0, 0.1) is 0 Å². The topological polar surface area (TPSA) is 91.1 Å². The number of carboxylic acids is 1. The van der Waals surface area contributed by atoms with Crippen molar-refractivity contribution in [2.45, 2.75) is 31.4 Å². The number of thioether (sulfide) groups is 1. The zero-order valence-corrected chi connectivity index (χ0v) is 15.0. The molecule has 1 heterocycles. The van der Waals surface area contributed by atoms with E-state index in [1.54, 1.807) is 6.21 Å². The highest BCUT2D eigenvalue weighted by atomic mass is 79.9. The molecule has 1 aliphatic rings. The molecule has 122 valence electrons. The van der Waals surface area contributed by atoms with Gasteiger partial charge in [-0.1, -0.05) is 47.6 Å². The number of hydrogen-bond acceptors (Lipinski definition) is 5. The van der Waals surface area contributed by atoms with Crippen LogP contribution in [0.4, 0.5) is 0 Å². The van der Waals surface area contributed by atoms with Crippen molar-refractivity contribution in [3.8, 4) is 0 Å². The molecule has 0 aliphatic carbocycles. The van der Waals surface area contributed by atoms with Crippen molar-refractivity contribution in [3.63, 3.8) is 0 Å². The Bertz CT molecular complexity index is 689. The summed E-state index contributed by atoms with van der Waals surface area (Å²) in [6, 6.07) is 5.90. The summed E-state index contributed by atoms with van der Waals surface area (Å²) >= 11 is 4.53. The molecule has 6 nitrogen and oxygen atoms in total. The first-order valence-electron chi connectivity index (χ1n) is 6.96. The standard InChI is InChI=1S/C15H16BrN3O3S/c1-8(2)11-5-10(16)4-3-9(11)7-17-19-15-18-14(22)12(23-15)6-13(20)21/h3-5,7-8,12H,6H2,1-2H3,(H,20,21)(H,18,19,22). The van der Waals surface area contributed by atoms with Gasteiger partial charge in [-0.05, 0) is 29.2 Å². The molecule has 0 saturated carbocycles. The van der Waals surface area contributed by atoms with Crippen LogP contribution in [0.5, 0.6) is 0 Å². The smallest absolute Gasteiger partial charge is 0.305 e. The van der Waals surface area contributed by atoms with Gasteiger partial charge < -0.3 is 10.4 Å². The first-order valence-corrected chi connectivity index (χ1v) is 8.64. The summed E-state index contributed by atoms with van der Waals surface area (Å²) in [5, 5.41) is 18.9. The van der Waals surface area contributed by atoms with Gasteiger partial charge >= 0.3 is 5.97 Å². The summed E-state index contributed by atoms with van der Waals surface area (Å²) in [4.78, 5) is 22.3. The fourth-order valence-electron chi connectivity index (χ4n) is 2.05. The van der Waals surface area contributed by atoms with Crippen LogP contribution in [-0.2, 0) is 9.59 Å². The molecule has 0 radical (unpaired) electrons. The van der Waals surface area contributed by atoms with Gasteiger partial charge in [0.15, 0.2) is 5.17 Å². The largest absolute Gasteiger partial charge is 0.481 e. The van der Waals surface area contributed by atoms with Gasteiger partial charge in [0, 0.05) is 4.47 Å². The van der Waals surface area contributed by atoms with Crippen molar-refractivity contribution in [3.05, 3.63) is 33.8 Å². The summed E-state index contributed by atoms with van der Waals surface area (Å²) in [6.45, 7) is 4.18. The Kier molecular flexibility index (Phi) is 5.95. The molecule has 0 aromatic heterocycles. The maximum absolute atomic E-state index is 11.6. The Morgan fingerprint density at radius 3 is 2.91 bits per heavy atom. The highest BCUT2D eigenvalue weighted by molar-refractivity contribution is 9.10. The van der Waals surface area contributed by atoms with Crippen LogP contribution < -0.4 is 5.32 Å². The minimum absolute atomic E-state index is 0.233. The van der Waals surface area contributed by atoms with Gasteiger partial charge in [0.25, 0.3) is 0 Å². The number of hydrogen-bond donors (Lipinski definition) is 2. The van der Waals surface area contributed by atoms with Crippen LogP contribution in [0.3, 0.4) is 0 Å². The van der Waals surface area contributed by atoms with Gasteiger partial charge in [-0.2, -0.15) is 5.10 Å². The fourth-order valence-corrected chi connectivity index (χ4v) is 3.35. The summed E-state index contributed by atoms with van der Waals surface area (Å²) in [6.07, 6.45) is 1.40. The normalized spacial score (nSPS) is 19.7. The molecular weight excluding hydrogens is 382 g/mol. The van der Waals surface area contributed by atoms with E-state index < -0.39 is 11.2 Å². The van der Waals surface area contributed by atoms with E-state index in [0.29, 0.717) is 11.1 Å². The number of carboxylic acid groups (broad SMARTS) is 1. The zero-order valence-electron chi connectivity index (χ0n) is 12.6. The Morgan fingerprint density at radius 1 is 1.52 bits per heavy atom. The fraction of sp³-hybridized carbons (Fsp3) is 0.333. The summed E-state index contributed by atoms with van der Waals surface area (Å²) in [5.41, 5.74) is 2.08. The van der Waals surface area contributed by atoms with Crippen molar-refractivity contribution < 1.29 is 14.7 Å². The predicted molar refractivity (Wildman–Crippen MR) is 95.0 cm³/mol. The second-order valence-electron chi connectivity index (χ2n) is 5.27. The van der Waals surface area contributed by atoms with Gasteiger partial charge in [-0.3, -0.25) is 9.59 Å². The molecule has 23 heavy (non-hydrogen) atoms. The van der Waals surface area contributed by atoms with Crippen molar-refractivity contribution >= 4 is 51.0 Å². The molecule has 1 fully saturated rings. The summed E-state index contributed by atoms with van der Waals surface area (Å²) in [5.74, 6) is -1.03. The van der Waals surface area contributed by atoms with Crippen molar-refractivity contribution in [1.82, 2.24) is 5.32 Å². The number of carbonyl (C=O) groups is 2. The maximum Gasteiger partial charge on any atom is 0.305 e. The van der Waals surface area contributed by atoms with Gasteiger partial charge in [0.05, 0.1) is 12.6 Å². The quantitative estimate of drug-likeness (QED) is 0.589. The predicted octanol–water partition coefficient (Wildman–Crippen LogP) is 2.97. The Hall–Kier alpha value is -1.67. The molecule has 1 amide bonds. The van der Waals surface area contributed by atoms with E-state index in [1.807, 2.05) is 18.2 Å². The number of amidine groups is 1. The average molecular weight is 398 g/mol. The SMILES string of the molecule is CC(C)c1cc(Br)ccc1C=NN=C1NC(=O)C(CC(=O)O)S1. The van der Waals surface area contributed by atoms with Gasteiger partial charge in [-0.15, -0.1) is 5.10 Å². The lowest BCUT2D eigenvalue weighted by Crippen LogP contribution is -2.26. The molecule has 0 bridgehead atoms. The van der Waals surface area contributed by atoms with Gasteiger partial charge in [-0.25, -0.2) is 0 Å². The number of rotatable bonds is 5. The molecule has 0 spiro atoms. The van der Waals surface area contributed by atoms with Crippen LogP contribution >= 0.6 is 27.7 Å². The molecular formula is C15H16BrN3O3S. The van der Waals surface area contributed by atoms with Gasteiger partial charge in [0.1, 0.15) is 5.25 Å². The van der Waals surface area contributed by atoms with Crippen LogP contribution in [0.25, 0.3) is 0 Å². The lowest BCUT2D eigenvalue weighted by Gasteiger charge is -2.09. The van der Waals surface area contributed by atoms with Crippen LogP contribution in [0.15, 0.2) is 32.9 Å². The number of aliphatic carboxylic acids is 1. The minimum atomic E-state index is -1.01. The second-order valence-corrected chi connectivity index (χ2v) is 7.38. The number of benzene rings is 1. The van der Waals surface area contributed by atoms with Crippen molar-refractivity contribution in [1.29, 1.82) is 0 Å². The number of amides is 1. The van der Waals surface area contributed by atoms with E-state index in [2.05, 4.69) is 45.3 Å². The van der Waals surface area contributed by atoms with E-state index in [1.165, 1.54) is 0 Å². The molecule has 1 atom stereocenters. The van der Waals surface area contributed by atoms with E-state index in [0.717, 1.165) is 27.4 Å². The lowest BCUT2D eigenvalue weighted by molar-refractivity contribution is -0.138. The third-order valence-electron chi connectivity index (χ3n) is 3.15. The highest BCUT2D eigenvalue weighted by Crippen LogP contribution is 2.24. The molecule has 2 rings (SSSR count). The molecule has 1 aromatic rings. The third-order valence-corrected chi connectivity index (χ3v) is 4.72. The highest BCUT2D eigenvalue weighted by Gasteiger charge is 2.32. The number of nitrogens with one attached hydrogen (secondary N) is 1. The number of carbonyl (C=O) groups excluding carboxylic acids is 1. The second kappa shape index (κ2) is 7.74. The minimum Gasteiger partial charge on any atom is -0.481 e. The molecule has 1 unspecified atom stereocenters. The summed E-state index contributed by atoms with van der Waals surface area (Å²) < 4.78 is 1.000. The average Bonchev–Trinajstić information content (AvgIpc) is 2.79. The van der Waals surface area contributed by atoms with Crippen LogP contribution in [-0.4, -0.2) is 33.6 Å². The van der Waals surface area contributed by atoms with Crippen LogP contribution in [0.2, 0.25) is 0 Å². The van der Waals surface area contributed by atoms with E-state index in [-0.39, 0.29) is 12.3 Å². The van der Waals surface area contributed by atoms with Crippen molar-refractivity contribution in [2.75, 3.05) is 0 Å². The summed E-state index contributed by atoms with van der Waals surface area (Å²) in [7, 11) is 0. The van der Waals surface area contributed by atoms with Crippen molar-refractivity contribution in [2.24, 2.45) is 10.2 Å². The number of nitrogens with zero attached hydrogens (tertiary/aromatic N) is 2. The Labute approximate surface area is 146 Å². The molecule has 1 aliphatic heterocycles. The van der Waals surface area contributed by atoms with Crippen LogP contribution in [0.1, 0.15) is 37.3 Å². The maximum atomic E-state index is 11.6. The molecule has 1 saturated heterocycles. The first kappa shape index (κ1) is 17.7. The Balaban J connectivity index is 2.10. The third kappa shape index (κ3) is 4.90. The van der Waals surface area contributed by atoms with E-state index in [4.69, 9.17) is 5.11 Å².